The quantitative estimate of drug-likeness (QED) is 0.529. The largest absolute Gasteiger partial charge is 0.335 e. The Hall–Kier alpha value is 0.0669. The Labute approximate surface area is 115 Å². The SMILES string of the molecule is CCOP(=O)(OCC)C(c1ccsc1)[Si](C)(C)C. The van der Waals surface area contributed by atoms with Crippen LogP contribution in [0.4, 0.5) is 0 Å². The van der Waals surface area contributed by atoms with Crippen LogP contribution in [-0.4, -0.2) is 21.3 Å². The summed E-state index contributed by atoms with van der Waals surface area (Å²) < 4.78 is 24.2. The summed E-state index contributed by atoms with van der Waals surface area (Å²) >= 11 is 1.63. The number of hydrogen-bond acceptors (Lipinski definition) is 4. The summed E-state index contributed by atoms with van der Waals surface area (Å²) in [4.78, 5) is 0. The van der Waals surface area contributed by atoms with Crippen LogP contribution in [0, 0.1) is 0 Å². The second kappa shape index (κ2) is 6.48. The predicted molar refractivity (Wildman–Crippen MR) is 81.3 cm³/mol. The summed E-state index contributed by atoms with van der Waals surface area (Å²) in [5.74, 6) is 0. The van der Waals surface area contributed by atoms with Crippen LogP contribution >= 0.6 is 18.9 Å². The van der Waals surface area contributed by atoms with Gasteiger partial charge in [0.15, 0.2) is 0 Å². The maximum atomic E-state index is 13.1. The molecule has 1 aromatic rings. The fourth-order valence-corrected chi connectivity index (χ4v) is 10.1. The first-order chi connectivity index (χ1) is 8.35. The third kappa shape index (κ3) is 3.78. The van der Waals surface area contributed by atoms with E-state index in [1.54, 1.807) is 11.3 Å². The summed E-state index contributed by atoms with van der Waals surface area (Å²) in [6.45, 7) is 11.2. The summed E-state index contributed by atoms with van der Waals surface area (Å²) in [6, 6.07) is 2.04. The molecule has 0 saturated heterocycles. The van der Waals surface area contributed by atoms with Crippen LogP contribution in [0.2, 0.25) is 19.6 Å². The van der Waals surface area contributed by atoms with Crippen molar-refractivity contribution in [3.05, 3.63) is 22.4 Å². The minimum absolute atomic E-state index is 0.0869. The normalized spacial score (nSPS) is 14.7. The van der Waals surface area contributed by atoms with Crippen molar-refractivity contribution >= 4 is 27.0 Å². The van der Waals surface area contributed by atoms with Crippen LogP contribution in [0.15, 0.2) is 16.8 Å². The van der Waals surface area contributed by atoms with Crippen molar-refractivity contribution in [1.82, 2.24) is 0 Å². The highest BCUT2D eigenvalue weighted by Gasteiger charge is 2.45. The van der Waals surface area contributed by atoms with E-state index in [0.717, 1.165) is 5.56 Å². The summed E-state index contributed by atoms with van der Waals surface area (Å²) in [5.41, 5.74) is 1.10. The third-order valence-electron chi connectivity index (χ3n) is 2.61. The monoisotopic (exact) mass is 306 g/mol. The fraction of sp³-hybridized carbons (Fsp3) is 0.667. The fourth-order valence-electron chi connectivity index (χ4n) is 2.13. The Morgan fingerprint density at radius 2 is 1.83 bits per heavy atom. The maximum Gasteiger partial charge on any atom is 0.335 e. The second-order valence-electron chi connectivity index (χ2n) is 5.20. The highest BCUT2D eigenvalue weighted by atomic mass is 32.1. The molecule has 0 aliphatic heterocycles. The van der Waals surface area contributed by atoms with Gasteiger partial charge >= 0.3 is 7.60 Å². The van der Waals surface area contributed by atoms with Gasteiger partial charge in [-0.05, 0) is 36.2 Å². The number of thiophene rings is 1. The van der Waals surface area contributed by atoms with Gasteiger partial charge in [-0.2, -0.15) is 11.3 Å². The van der Waals surface area contributed by atoms with E-state index < -0.39 is 15.7 Å². The molecule has 1 unspecified atom stereocenters. The van der Waals surface area contributed by atoms with E-state index >= 15 is 0 Å². The van der Waals surface area contributed by atoms with Gasteiger partial charge in [-0.3, -0.25) is 4.57 Å². The van der Waals surface area contributed by atoms with Crippen molar-refractivity contribution in [3.63, 3.8) is 0 Å². The molecule has 0 amide bonds. The molecule has 0 aliphatic rings. The molecular formula is C12H23O3PSSi. The van der Waals surface area contributed by atoms with E-state index in [1.807, 2.05) is 25.3 Å². The van der Waals surface area contributed by atoms with E-state index in [2.05, 4.69) is 25.0 Å². The van der Waals surface area contributed by atoms with Gasteiger partial charge in [0.05, 0.1) is 26.6 Å². The lowest BCUT2D eigenvalue weighted by atomic mass is 10.4. The van der Waals surface area contributed by atoms with Crippen molar-refractivity contribution in [2.45, 2.75) is 38.8 Å². The first kappa shape index (κ1) is 16.1. The third-order valence-corrected chi connectivity index (χ3v) is 10.7. The topological polar surface area (TPSA) is 35.5 Å². The molecule has 1 aromatic heterocycles. The number of hydrogen-bond donors (Lipinski definition) is 0. The number of rotatable bonds is 7. The molecule has 0 fully saturated rings. The van der Waals surface area contributed by atoms with Crippen molar-refractivity contribution in [1.29, 1.82) is 0 Å². The average molecular weight is 306 g/mol. The van der Waals surface area contributed by atoms with Gasteiger partial charge < -0.3 is 9.05 Å². The zero-order valence-corrected chi connectivity index (χ0v) is 14.5. The molecule has 18 heavy (non-hydrogen) atoms. The van der Waals surface area contributed by atoms with Crippen LogP contribution in [0.5, 0.6) is 0 Å². The molecule has 3 nitrogen and oxygen atoms in total. The van der Waals surface area contributed by atoms with E-state index in [4.69, 9.17) is 9.05 Å². The van der Waals surface area contributed by atoms with Crippen LogP contribution in [-0.2, 0) is 13.6 Å². The Bertz CT molecular complexity index is 390. The minimum Gasteiger partial charge on any atom is -0.309 e. The molecule has 0 N–H and O–H groups in total. The Morgan fingerprint density at radius 1 is 1.28 bits per heavy atom. The molecule has 0 saturated carbocycles. The predicted octanol–water partition coefficient (Wildman–Crippen LogP) is 4.93. The van der Waals surface area contributed by atoms with Gasteiger partial charge in [0, 0.05) is 0 Å². The van der Waals surface area contributed by atoms with E-state index in [9.17, 15) is 4.57 Å². The zero-order valence-electron chi connectivity index (χ0n) is 11.8. The van der Waals surface area contributed by atoms with Gasteiger partial charge in [-0.25, -0.2) is 0 Å². The minimum atomic E-state index is -3.07. The van der Waals surface area contributed by atoms with Gasteiger partial charge in [0.25, 0.3) is 0 Å². The second-order valence-corrected chi connectivity index (χ2v) is 13.9. The van der Waals surface area contributed by atoms with Crippen molar-refractivity contribution < 1.29 is 13.6 Å². The van der Waals surface area contributed by atoms with E-state index in [0.29, 0.717) is 13.2 Å². The van der Waals surface area contributed by atoms with Crippen molar-refractivity contribution in [2.24, 2.45) is 0 Å². The standard InChI is InChI=1S/C12H23O3PSSi/c1-6-14-16(13,15-7-2)12(18(3,4)5)11-8-9-17-10-11/h8-10,12H,6-7H2,1-5H3. The Morgan fingerprint density at radius 3 is 2.17 bits per heavy atom. The molecule has 0 aliphatic carbocycles. The first-order valence-electron chi connectivity index (χ1n) is 6.26. The molecule has 1 heterocycles. The molecule has 1 rings (SSSR count). The first-order valence-corrected chi connectivity index (χ1v) is 12.4. The van der Waals surface area contributed by atoms with Crippen LogP contribution in [0.1, 0.15) is 24.7 Å². The molecule has 0 spiro atoms. The van der Waals surface area contributed by atoms with Crippen molar-refractivity contribution in [3.8, 4) is 0 Å². The maximum absolute atomic E-state index is 13.1. The van der Waals surface area contributed by atoms with E-state index in [1.165, 1.54) is 0 Å². The van der Waals surface area contributed by atoms with Gasteiger partial charge in [-0.1, -0.05) is 19.6 Å². The molecule has 1 atom stereocenters. The van der Waals surface area contributed by atoms with Crippen LogP contribution in [0.3, 0.4) is 0 Å². The highest BCUT2D eigenvalue weighted by molar-refractivity contribution is 7.57. The van der Waals surface area contributed by atoms with Crippen LogP contribution in [0.25, 0.3) is 0 Å². The van der Waals surface area contributed by atoms with Crippen molar-refractivity contribution in [2.75, 3.05) is 13.2 Å². The zero-order chi connectivity index (χ0) is 13.8. The molecule has 0 radical (unpaired) electrons. The molecule has 0 bridgehead atoms. The molecular weight excluding hydrogens is 283 g/mol. The molecule has 0 aromatic carbocycles. The molecule has 104 valence electrons. The lowest BCUT2D eigenvalue weighted by molar-refractivity contribution is 0.217. The van der Waals surface area contributed by atoms with E-state index in [-0.39, 0.29) is 5.28 Å². The van der Waals surface area contributed by atoms with Gasteiger partial charge in [0.2, 0.25) is 0 Å². The highest BCUT2D eigenvalue weighted by Crippen LogP contribution is 2.64. The average Bonchev–Trinajstić information content (AvgIpc) is 2.69. The summed E-state index contributed by atoms with van der Waals surface area (Å²) in [7, 11) is -4.78. The van der Waals surface area contributed by atoms with Gasteiger partial charge in [-0.15, -0.1) is 0 Å². The summed E-state index contributed by atoms with van der Waals surface area (Å²) in [5, 5.41) is 3.99. The Balaban J connectivity index is 3.20. The lowest BCUT2D eigenvalue weighted by Crippen LogP contribution is -2.32. The van der Waals surface area contributed by atoms with Gasteiger partial charge in [0.1, 0.15) is 0 Å². The lowest BCUT2D eigenvalue weighted by Gasteiger charge is -2.34. The smallest absolute Gasteiger partial charge is 0.309 e. The Kier molecular flexibility index (Phi) is 5.81. The van der Waals surface area contributed by atoms with Crippen LogP contribution < -0.4 is 0 Å². The summed E-state index contributed by atoms with van der Waals surface area (Å²) in [6.07, 6.45) is 0. The molecule has 6 heteroatoms.